The summed E-state index contributed by atoms with van der Waals surface area (Å²) in [5, 5.41) is 11.3. The Hall–Kier alpha value is -2.69. The number of carbonyl (C=O) groups excluding carboxylic acids is 1. The zero-order valence-electron chi connectivity index (χ0n) is 13.1. The summed E-state index contributed by atoms with van der Waals surface area (Å²) < 4.78 is 1.95. The quantitative estimate of drug-likeness (QED) is 0.761. The molecule has 0 aliphatic carbocycles. The number of hydrogen-bond acceptors (Lipinski definition) is 3. The molecule has 23 heavy (non-hydrogen) atoms. The van der Waals surface area contributed by atoms with Gasteiger partial charge >= 0.3 is 0 Å². The number of fused-ring (bicyclic) bond motifs is 1. The maximum absolute atomic E-state index is 12.4. The molecule has 0 aliphatic heterocycles. The van der Waals surface area contributed by atoms with E-state index < -0.39 is 0 Å². The molecule has 2 aromatic heterocycles. The average molecular weight is 308 g/mol. The Bertz CT molecular complexity index is 782. The standard InChI is InChI=1S/C18H20N4O/c1-2-15(14-8-4-3-5-9-14)18(23)19-12-11-17-21-20-16-10-6-7-13-22(16)17/h3-10,13,15H,2,11-12H2,1H3,(H,19,23). The Morgan fingerprint density at radius 1 is 1.13 bits per heavy atom. The molecule has 3 rings (SSSR count). The van der Waals surface area contributed by atoms with Crippen molar-refractivity contribution < 1.29 is 4.79 Å². The van der Waals surface area contributed by atoms with E-state index in [1.165, 1.54) is 0 Å². The van der Waals surface area contributed by atoms with E-state index in [4.69, 9.17) is 0 Å². The summed E-state index contributed by atoms with van der Waals surface area (Å²) in [4.78, 5) is 12.4. The molecule has 0 aliphatic rings. The predicted molar refractivity (Wildman–Crippen MR) is 89.2 cm³/mol. The highest BCUT2D eigenvalue weighted by molar-refractivity contribution is 5.83. The van der Waals surface area contributed by atoms with Crippen molar-refractivity contribution >= 4 is 11.6 Å². The van der Waals surface area contributed by atoms with Crippen LogP contribution in [0.25, 0.3) is 5.65 Å². The van der Waals surface area contributed by atoms with Gasteiger partial charge < -0.3 is 5.32 Å². The zero-order chi connectivity index (χ0) is 16.1. The van der Waals surface area contributed by atoms with Crippen molar-refractivity contribution in [1.29, 1.82) is 0 Å². The summed E-state index contributed by atoms with van der Waals surface area (Å²) in [6, 6.07) is 15.7. The maximum Gasteiger partial charge on any atom is 0.227 e. The molecule has 0 saturated heterocycles. The third-order valence-corrected chi connectivity index (χ3v) is 3.96. The Kier molecular flexibility index (Phi) is 4.66. The van der Waals surface area contributed by atoms with E-state index in [9.17, 15) is 4.79 Å². The Balaban J connectivity index is 1.60. The van der Waals surface area contributed by atoms with E-state index >= 15 is 0 Å². The van der Waals surface area contributed by atoms with Crippen molar-refractivity contribution in [2.24, 2.45) is 0 Å². The highest BCUT2D eigenvalue weighted by Crippen LogP contribution is 2.19. The number of pyridine rings is 1. The minimum absolute atomic E-state index is 0.0625. The van der Waals surface area contributed by atoms with Gasteiger partial charge in [0.15, 0.2) is 5.65 Å². The number of rotatable bonds is 6. The second-order valence-electron chi connectivity index (χ2n) is 5.46. The van der Waals surface area contributed by atoms with E-state index in [0.717, 1.165) is 23.5 Å². The molecule has 0 saturated carbocycles. The average Bonchev–Trinajstić information content (AvgIpc) is 3.00. The van der Waals surface area contributed by atoms with Crippen LogP contribution in [0.2, 0.25) is 0 Å². The van der Waals surface area contributed by atoms with Crippen molar-refractivity contribution in [1.82, 2.24) is 19.9 Å². The molecule has 0 radical (unpaired) electrons. The molecular formula is C18H20N4O. The molecule has 118 valence electrons. The number of carbonyl (C=O) groups is 1. The fourth-order valence-electron chi connectivity index (χ4n) is 2.74. The van der Waals surface area contributed by atoms with E-state index in [1.807, 2.05) is 66.1 Å². The van der Waals surface area contributed by atoms with Gasteiger partial charge in [-0.3, -0.25) is 9.20 Å². The van der Waals surface area contributed by atoms with Crippen LogP contribution in [0.15, 0.2) is 54.7 Å². The molecule has 1 N–H and O–H groups in total. The molecule has 1 aromatic carbocycles. The number of nitrogens with one attached hydrogen (secondary N) is 1. The van der Waals surface area contributed by atoms with Gasteiger partial charge in [0.2, 0.25) is 5.91 Å². The minimum Gasteiger partial charge on any atom is -0.355 e. The zero-order valence-corrected chi connectivity index (χ0v) is 13.1. The fourth-order valence-corrected chi connectivity index (χ4v) is 2.74. The van der Waals surface area contributed by atoms with Crippen molar-refractivity contribution in [2.75, 3.05) is 6.54 Å². The lowest BCUT2D eigenvalue weighted by atomic mass is 9.96. The summed E-state index contributed by atoms with van der Waals surface area (Å²) >= 11 is 0. The number of aromatic nitrogens is 3. The molecule has 5 heteroatoms. The molecule has 0 fully saturated rings. The van der Waals surface area contributed by atoms with Gasteiger partial charge in [0.25, 0.3) is 0 Å². The van der Waals surface area contributed by atoms with Gasteiger partial charge in [-0.05, 0) is 24.1 Å². The molecule has 0 bridgehead atoms. The van der Waals surface area contributed by atoms with Crippen LogP contribution in [0.1, 0.15) is 30.7 Å². The van der Waals surface area contributed by atoms with E-state index in [1.54, 1.807) is 0 Å². The summed E-state index contributed by atoms with van der Waals surface area (Å²) in [6.07, 6.45) is 3.37. The number of amides is 1. The third kappa shape index (κ3) is 3.39. The van der Waals surface area contributed by atoms with Crippen molar-refractivity contribution in [3.05, 3.63) is 66.1 Å². The SMILES string of the molecule is CCC(C(=O)NCCc1nnc2ccccn12)c1ccccc1. The summed E-state index contributed by atoms with van der Waals surface area (Å²) in [5.74, 6) is 0.813. The van der Waals surface area contributed by atoms with E-state index in [0.29, 0.717) is 13.0 Å². The van der Waals surface area contributed by atoms with Gasteiger partial charge in [0, 0.05) is 19.2 Å². The predicted octanol–water partition coefficient (Wildman–Crippen LogP) is 2.58. The second kappa shape index (κ2) is 7.05. The van der Waals surface area contributed by atoms with Gasteiger partial charge in [-0.1, -0.05) is 43.3 Å². The van der Waals surface area contributed by atoms with Crippen molar-refractivity contribution in [2.45, 2.75) is 25.7 Å². The first-order valence-corrected chi connectivity index (χ1v) is 7.91. The monoisotopic (exact) mass is 308 g/mol. The lowest BCUT2D eigenvalue weighted by Gasteiger charge is -2.15. The molecule has 5 nitrogen and oxygen atoms in total. The van der Waals surface area contributed by atoms with Gasteiger partial charge in [-0.2, -0.15) is 0 Å². The van der Waals surface area contributed by atoms with Gasteiger partial charge in [0.05, 0.1) is 5.92 Å². The van der Waals surface area contributed by atoms with Crippen LogP contribution < -0.4 is 5.32 Å². The topological polar surface area (TPSA) is 59.3 Å². The highest BCUT2D eigenvalue weighted by atomic mass is 16.1. The Labute approximate surface area is 135 Å². The normalized spacial score (nSPS) is 12.2. The molecular weight excluding hydrogens is 288 g/mol. The summed E-state index contributed by atoms with van der Waals surface area (Å²) in [7, 11) is 0. The van der Waals surface area contributed by atoms with Crippen LogP contribution in [0.4, 0.5) is 0 Å². The van der Waals surface area contributed by atoms with Gasteiger partial charge in [0.1, 0.15) is 5.82 Å². The van der Waals surface area contributed by atoms with Crippen LogP contribution >= 0.6 is 0 Å². The summed E-state index contributed by atoms with van der Waals surface area (Å²) in [5.41, 5.74) is 1.88. The minimum atomic E-state index is -0.105. The number of benzene rings is 1. The van der Waals surface area contributed by atoms with Crippen LogP contribution in [0, 0.1) is 0 Å². The van der Waals surface area contributed by atoms with E-state index in [-0.39, 0.29) is 11.8 Å². The van der Waals surface area contributed by atoms with Gasteiger partial charge in [-0.15, -0.1) is 10.2 Å². The molecule has 1 unspecified atom stereocenters. The van der Waals surface area contributed by atoms with Crippen molar-refractivity contribution in [3.63, 3.8) is 0 Å². The fraction of sp³-hybridized carbons (Fsp3) is 0.278. The smallest absolute Gasteiger partial charge is 0.227 e. The maximum atomic E-state index is 12.4. The third-order valence-electron chi connectivity index (χ3n) is 3.96. The van der Waals surface area contributed by atoms with Crippen LogP contribution in [-0.2, 0) is 11.2 Å². The van der Waals surface area contributed by atoms with Crippen LogP contribution in [0.5, 0.6) is 0 Å². The Morgan fingerprint density at radius 3 is 2.70 bits per heavy atom. The Morgan fingerprint density at radius 2 is 1.91 bits per heavy atom. The molecule has 2 heterocycles. The second-order valence-corrected chi connectivity index (χ2v) is 5.46. The molecule has 1 atom stereocenters. The first kappa shape index (κ1) is 15.2. The largest absolute Gasteiger partial charge is 0.355 e. The molecule has 3 aromatic rings. The summed E-state index contributed by atoms with van der Waals surface area (Å²) in [6.45, 7) is 2.58. The highest BCUT2D eigenvalue weighted by Gasteiger charge is 2.18. The first-order chi connectivity index (χ1) is 11.3. The lowest BCUT2D eigenvalue weighted by Crippen LogP contribution is -2.31. The van der Waals surface area contributed by atoms with E-state index in [2.05, 4.69) is 15.5 Å². The lowest BCUT2D eigenvalue weighted by molar-refractivity contribution is -0.122. The van der Waals surface area contributed by atoms with Crippen LogP contribution in [0.3, 0.4) is 0 Å². The van der Waals surface area contributed by atoms with Crippen LogP contribution in [-0.4, -0.2) is 27.0 Å². The van der Waals surface area contributed by atoms with Gasteiger partial charge in [-0.25, -0.2) is 0 Å². The van der Waals surface area contributed by atoms with Crippen molar-refractivity contribution in [3.8, 4) is 0 Å². The molecule has 0 spiro atoms. The first-order valence-electron chi connectivity index (χ1n) is 7.91. The molecule has 1 amide bonds. The number of nitrogens with zero attached hydrogens (tertiary/aromatic N) is 3. The number of hydrogen-bond donors (Lipinski definition) is 1.